The number of anilines is 2. The van der Waals surface area contributed by atoms with Crippen LogP contribution in [0.3, 0.4) is 0 Å². The summed E-state index contributed by atoms with van der Waals surface area (Å²) < 4.78 is 0. The topological polar surface area (TPSA) is 95.5 Å². The molecule has 6 nitrogen and oxygen atoms in total. The average molecular weight is 302 g/mol. The van der Waals surface area contributed by atoms with Gasteiger partial charge in [-0.05, 0) is 31.0 Å². The van der Waals surface area contributed by atoms with Gasteiger partial charge in [-0.3, -0.25) is 14.4 Å². The highest BCUT2D eigenvalue weighted by Gasteiger charge is 2.33. The van der Waals surface area contributed by atoms with Gasteiger partial charge in [0.05, 0.1) is 11.8 Å². The molecule has 116 valence electrons. The van der Waals surface area contributed by atoms with Crippen LogP contribution in [0.5, 0.6) is 0 Å². The highest BCUT2D eigenvalue weighted by Crippen LogP contribution is 2.27. The normalized spacial score (nSPS) is 20.2. The number of aliphatic carboxylic acids is 1. The van der Waals surface area contributed by atoms with Gasteiger partial charge in [-0.1, -0.05) is 18.2 Å². The number of carbonyl (C=O) groups excluding carboxylic acids is 2. The molecule has 1 aromatic rings. The van der Waals surface area contributed by atoms with Crippen molar-refractivity contribution in [2.24, 2.45) is 11.8 Å². The van der Waals surface area contributed by atoms with Gasteiger partial charge in [0.25, 0.3) is 0 Å². The zero-order chi connectivity index (χ0) is 16.1. The molecule has 0 unspecified atom stereocenters. The third kappa shape index (κ3) is 3.94. The van der Waals surface area contributed by atoms with Crippen molar-refractivity contribution in [1.29, 1.82) is 0 Å². The first-order valence-corrected chi connectivity index (χ1v) is 7.03. The highest BCUT2D eigenvalue weighted by molar-refractivity contribution is 5.96. The van der Waals surface area contributed by atoms with Gasteiger partial charge in [0, 0.05) is 18.3 Å². The van der Waals surface area contributed by atoms with E-state index in [-0.39, 0.29) is 11.8 Å². The van der Waals surface area contributed by atoms with E-state index in [2.05, 4.69) is 10.6 Å². The van der Waals surface area contributed by atoms with Gasteiger partial charge in [-0.2, -0.15) is 0 Å². The fourth-order valence-corrected chi connectivity index (χ4v) is 2.49. The second-order valence-corrected chi connectivity index (χ2v) is 5.25. The summed E-state index contributed by atoms with van der Waals surface area (Å²) in [6, 6.07) is 6.74. The Morgan fingerprint density at radius 3 is 2.23 bits per heavy atom. The molecule has 6 heteroatoms. The quantitative estimate of drug-likeness (QED) is 0.743. The van der Waals surface area contributed by atoms with Crippen LogP contribution in [0.1, 0.15) is 19.8 Å². The Bertz CT molecular complexity index is 624. The molecule has 0 fully saturated rings. The van der Waals surface area contributed by atoms with Crippen LogP contribution in [-0.2, 0) is 14.4 Å². The summed E-state index contributed by atoms with van der Waals surface area (Å²) in [5.41, 5.74) is 1.10. The van der Waals surface area contributed by atoms with E-state index in [1.54, 1.807) is 30.3 Å². The van der Waals surface area contributed by atoms with Gasteiger partial charge >= 0.3 is 5.97 Å². The lowest BCUT2D eigenvalue weighted by Gasteiger charge is -2.24. The Balaban J connectivity index is 2.09. The highest BCUT2D eigenvalue weighted by atomic mass is 16.4. The van der Waals surface area contributed by atoms with Crippen molar-refractivity contribution < 1.29 is 19.5 Å². The molecule has 3 N–H and O–H groups in total. The van der Waals surface area contributed by atoms with Gasteiger partial charge in [0.1, 0.15) is 0 Å². The Kier molecular flexibility index (Phi) is 4.93. The molecule has 1 aliphatic carbocycles. The Morgan fingerprint density at radius 1 is 1.05 bits per heavy atom. The molecule has 0 radical (unpaired) electrons. The van der Waals surface area contributed by atoms with Gasteiger partial charge < -0.3 is 15.7 Å². The first-order valence-electron chi connectivity index (χ1n) is 7.03. The predicted molar refractivity (Wildman–Crippen MR) is 82.4 cm³/mol. The van der Waals surface area contributed by atoms with Crippen LogP contribution in [0.15, 0.2) is 36.4 Å². The fourth-order valence-electron chi connectivity index (χ4n) is 2.49. The van der Waals surface area contributed by atoms with Crippen LogP contribution in [-0.4, -0.2) is 22.9 Å². The van der Waals surface area contributed by atoms with E-state index in [9.17, 15) is 19.5 Å². The van der Waals surface area contributed by atoms with Crippen LogP contribution in [0.4, 0.5) is 11.4 Å². The van der Waals surface area contributed by atoms with Crippen molar-refractivity contribution in [2.45, 2.75) is 19.8 Å². The monoisotopic (exact) mass is 302 g/mol. The molecule has 0 bridgehead atoms. The first kappa shape index (κ1) is 15.8. The summed E-state index contributed by atoms with van der Waals surface area (Å²) in [6.45, 7) is 1.40. The van der Waals surface area contributed by atoms with Crippen LogP contribution >= 0.6 is 0 Å². The molecule has 0 saturated carbocycles. The van der Waals surface area contributed by atoms with Gasteiger partial charge in [0.15, 0.2) is 0 Å². The molecule has 2 atom stereocenters. The van der Waals surface area contributed by atoms with E-state index in [1.807, 2.05) is 6.08 Å². The minimum atomic E-state index is -0.962. The molecule has 0 spiro atoms. The number of carbonyl (C=O) groups is 3. The summed E-state index contributed by atoms with van der Waals surface area (Å²) in [6.07, 6.45) is 4.39. The summed E-state index contributed by atoms with van der Waals surface area (Å²) in [7, 11) is 0. The number of rotatable bonds is 4. The molecule has 0 saturated heterocycles. The van der Waals surface area contributed by atoms with E-state index < -0.39 is 17.8 Å². The predicted octanol–water partition coefficient (Wildman–Crippen LogP) is 2.25. The number of hydrogen-bond donors (Lipinski definition) is 3. The maximum absolute atomic E-state index is 12.3. The summed E-state index contributed by atoms with van der Waals surface area (Å²) in [5.74, 6) is -2.78. The SMILES string of the molecule is CC(=O)Nc1cccc(NC(=O)[C@H]2CC=CC[C@H]2C(=O)O)c1. The van der Waals surface area contributed by atoms with E-state index in [1.165, 1.54) is 6.92 Å². The molecular formula is C16H18N2O4. The van der Waals surface area contributed by atoms with Crippen molar-refractivity contribution in [3.63, 3.8) is 0 Å². The zero-order valence-corrected chi connectivity index (χ0v) is 12.2. The van der Waals surface area contributed by atoms with Crippen LogP contribution in [0.25, 0.3) is 0 Å². The second-order valence-electron chi connectivity index (χ2n) is 5.25. The third-order valence-electron chi connectivity index (χ3n) is 3.54. The van der Waals surface area contributed by atoms with Crippen molar-refractivity contribution >= 4 is 29.2 Å². The zero-order valence-electron chi connectivity index (χ0n) is 12.2. The summed E-state index contributed by atoms with van der Waals surface area (Å²) in [5, 5.41) is 14.6. The van der Waals surface area contributed by atoms with Crippen LogP contribution in [0, 0.1) is 11.8 Å². The first-order chi connectivity index (χ1) is 10.5. The molecule has 1 aromatic carbocycles. The molecule has 0 aromatic heterocycles. The van der Waals surface area contributed by atoms with Crippen molar-refractivity contribution in [3.8, 4) is 0 Å². The lowest BCUT2D eigenvalue weighted by molar-refractivity contribution is -0.146. The molecule has 2 rings (SSSR count). The minimum absolute atomic E-state index is 0.202. The standard InChI is InChI=1S/C16H18N2O4/c1-10(19)17-11-5-4-6-12(9-11)18-15(20)13-7-2-3-8-14(13)16(21)22/h2-6,9,13-14H,7-8H2,1H3,(H,17,19)(H,18,20)(H,21,22)/t13-,14+/m0/s1. The maximum Gasteiger partial charge on any atom is 0.307 e. The number of nitrogens with one attached hydrogen (secondary N) is 2. The number of amides is 2. The lowest BCUT2D eigenvalue weighted by Crippen LogP contribution is -2.34. The summed E-state index contributed by atoms with van der Waals surface area (Å²) >= 11 is 0. The number of carboxylic acids is 1. The number of hydrogen-bond acceptors (Lipinski definition) is 3. The second kappa shape index (κ2) is 6.89. The minimum Gasteiger partial charge on any atom is -0.481 e. The van der Waals surface area contributed by atoms with Crippen LogP contribution in [0.2, 0.25) is 0 Å². The maximum atomic E-state index is 12.3. The number of allylic oxidation sites excluding steroid dienone is 2. The van der Waals surface area contributed by atoms with Gasteiger partial charge in [-0.25, -0.2) is 0 Å². The van der Waals surface area contributed by atoms with Gasteiger partial charge in [-0.15, -0.1) is 0 Å². The molecule has 2 amide bonds. The van der Waals surface area contributed by atoms with Gasteiger partial charge in [0.2, 0.25) is 11.8 Å². The van der Waals surface area contributed by atoms with Crippen molar-refractivity contribution in [1.82, 2.24) is 0 Å². The smallest absolute Gasteiger partial charge is 0.307 e. The van der Waals surface area contributed by atoms with E-state index in [0.29, 0.717) is 24.2 Å². The fraction of sp³-hybridized carbons (Fsp3) is 0.312. The third-order valence-corrected chi connectivity index (χ3v) is 3.54. The molecule has 1 aliphatic rings. The molecular weight excluding hydrogens is 284 g/mol. The molecule has 22 heavy (non-hydrogen) atoms. The van der Waals surface area contributed by atoms with Crippen molar-refractivity contribution in [3.05, 3.63) is 36.4 Å². The van der Waals surface area contributed by atoms with E-state index in [0.717, 1.165) is 0 Å². The Hall–Kier alpha value is -2.63. The average Bonchev–Trinajstić information content (AvgIpc) is 2.46. The molecule has 0 aliphatic heterocycles. The Morgan fingerprint density at radius 2 is 1.64 bits per heavy atom. The Labute approximate surface area is 128 Å². The number of benzene rings is 1. The van der Waals surface area contributed by atoms with E-state index in [4.69, 9.17) is 0 Å². The van der Waals surface area contributed by atoms with E-state index >= 15 is 0 Å². The molecule has 0 heterocycles. The lowest BCUT2D eigenvalue weighted by atomic mass is 9.82. The van der Waals surface area contributed by atoms with Crippen LogP contribution < -0.4 is 10.6 Å². The largest absolute Gasteiger partial charge is 0.481 e. The van der Waals surface area contributed by atoms with Crippen molar-refractivity contribution in [2.75, 3.05) is 10.6 Å². The number of carboxylic acid groups (broad SMARTS) is 1. The summed E-state index contributed by atoms with van der Waals surface area (Å²) in [4.78, 5) is 34.6.